The Morgan fingerprint density at radius 2 is 2.07 bits per heavy atom. The van der Waals surface area contributed by atoms with Gasteiger partial charge in [-0.2, -0.15) is 4.37 Å². The molecule has 2 aromatic rings. The Hall–Kier alpha value is -1.27. The summed E-state index contributed by atoms with van der Waals surface area (Å²) in [6, 6.07) is 2.94. The lowest BCUT2D eigenvalue weighted by Gasteiger charge is -2.02. The van der Waals surface area contributed by atoms with Gasteiger partial charge in [-0.25, -0.2) is 8.78 Å². The van der Waals surface area contributed by atoms with Crippen molar-refractivity contribution < 1.29 is 13.5 Å². The van der Waals surface area contributed by atoms with Crippen molar-refractivity contribution >= 4 is 23.3 Å². The van der Waals surface area contributed by atoms with E-state index in [1.54, 1.807) is 0 Å². The molecule has 15 heavy (non-hydrogen) atoms. The molecule has 0 radical (unpaired) electrons. The van der Waals surface area contributed by atoms with E-state index < -0.39 is 11.6 Å². The molecule has 1 heterocycles. The Kier molecular flexibility index (Phi) is 2.79. The molecule has 0 aliphatic rings. The Morgan fingerprint density at radius 1 is 1.27 bits per heavy atom. The quantitative estimate of drug-likeness (QED) is 0.818. The average Bonchev–Trinajstić information content (AvgIpc) is 2.57. The lowest BCUT2D eigenvalue weighted by atomic mass is 10.3. The first kappa shape index (κ1) is 10.3. The first-order valence-corrected chi connectivity index (χ1v) is 4.88. The molecule has 0 aliphatic heterocycles. The molecule has 0 atom stereocenters. The molecule has 1 aromatic heterocycles. The van der Waals surface area contributed by atoms with Crippen LogP contribution >= 0.6 is 23.3 Å². The van der Waals surface area contributed by atoms with Crippen molar-refractivity contribution in [3.8, 4) is 11.6 Å². The number of halogens is 3. The molecule has 78 valence electrons. The lowest BCUT2D eigenvalue weighted by molar-refractivity contribution is 0.427. The van der Waals surface area contributed by atoms with Crippen LogP contribution in [0.1, 0.15) is 0 Å². The highest BCUT2D eigenvalue weighted by atomic mass is 35.5. The SMILES string of the molecule is Fc1ccc(Oc2nsnc2Cl)c(F)c1. The molecule has 0 saturated heterocycles. The van der Waals surface area contributed by atoms with Gasteiger partial charge in [0.05, 0.1) is 11.7 Å². The van der Waals surface area contributed by atoms with Gasteiger partial charge < -0.3 is 4.74 Å². The smallest absolute Gasteiger partial charge is 0.271 e. The van der Waals surface area contributed by atoms with E-state index >= 15 is 0 Å². The third-order valence-corrected chi connectivity index (χ3v) is 2.38. The monoisotopic (exact) mass is 248 g/mol. The molecular weight excluding hydrogens is 246 g/mol. The van der Waals surface area contributed by atoms with Crippen molar-refractivity contribution in [2.75, 3.05) is 0 Å². The van der Waals surface area contributed by atoms with Crippen molar-refractivity contribution in [3.05, 3.63) is 35.0 Å². The molecule has 1 aromatic carbocycles. The van der Waals surface area contributed by atoms with Crippen molar-refractivity contribution in [1.82, 2.24) is 8.75 Å². The number of hydrogen-bond acceptors (Lipinski definition) is 4. The zero-order valence-electron chi connectivity index (χ0n) is 7.08. The Morgan fingerprint density at radius 3 is 2.67 bits per heavy atom. The summed E-state index contributed by atoms with van der Waals surface area (Å²) in [5.41, 5.74) is 0. The van der Waals surface area contributed by atoms with Crippen LogP contribution in [0.5, 0.6) is 11.6 Å². The van der Waals surface area contributed by atoms with E-state index in [0.717, 1.165) is 23.9 Å². The molecule has 7 heteroatoms. The summed E-state index contributed by atoms with van der Waals surface area (Å²) in [6.45, 7) is 0. The first-order valence-electron chi connectivity index (χ1n) is 3.78. The van der Waals surface area contributed by atoms with E-state index in [2.05, 4.69) is 8.75 Å². The number of benzene rings is 1. The number of rotatable bonds is 2. The van der Waals surface area contributed by atoms with Crippen LogP contribution < -0.4 is 4.74 Å². The molecule has 0 amide bonds. The van der Waals surface area contributed by atoms with E-state index in [0.29, 0.717) is 6.07 Å². The van der Waals surface area contributed by atoms with E-state index in [9.17, 15) is 8.78 Å². The minimum atomic E-state index is -0.820. The van der Waals surface area contributed by atoms with Gasteiger partial charge in [-0.15, -0.1) is 4.37 Å². The van der Waals surface area contributed by atoms with Gasteiger partial charge in [-0.3, -0.25) is 0 Å². The van der Waals surface area contributed by atoms with Crippen LogP contribution in [-0.2, 0) is 0 Å². The Labute approximate surface area is 92.6 Å². The van der Waals surface area contributed by atoms with Crippen LogP contribution in [0.4, 0.5) is 8.78 Å². The Balaban J connectivity index is 2.29. The number of aromatic nitrogens is 2. The van der Waals surface area contributed by atoms with Crippen molar-refractivity contribution in [1.29, 1.82) is 0 Å². The van der Waals surface area contributed by atoms with E-state index in [4.69, 9.17) is 16.3 Å². The van der Waals surface area contributed by atoms with Crippen LogP contribution in [0, 0.1) is 11.6 Å². The molecule has 2 rings (SSSR count). The minimum absolute atomic E-state index is 0.00664. The minimum Gasteiger partial charge on any atom is -0.433 e. The number of ether oxygens (including phenoxy) is 1. The normalized spacial score (nSPS) is 10.3. The van der Waals surface area contributed by atoms with Crippen LogP contribution in [-0.4, -0.2) is 8.75 Å². The number of hydrogen-bond donors (Lipinski definition) is 0. The fourth-order valence-electron chi connectivity index (χ4n) is 0.893. The summed E-state index contributed by atoms with van der Waals surface area (Å²) in [5, 5.41) is 0.0451. The second-order valence-electron chi connectivity index (χ2n) is 2.54. The fraction of sp³-hybridized carbons (Fsp3) is 0. The highest BCUT2D eigenvalue weighted by Crippen LogP contribution is 2.28. The van der Waals surface area contributed by atoms with E-state index in [-0.39, 0.29) is 16.8 Å². The van der Waals surface area contributed by atoms with Crippen LogP contribution in [0.25, 0.3) is 0 Å². The molecule has 0 aliphatic carbocycles. The number of nitrogens with zero attached hydrogens (tertiary/aromatic N) is 2. The van der Waals surface area contributed by atoms with Crippen LogP contribution in [0.2, 0.25) is 5.15 Å². The van der Waals surface area contributed by atoms with E-state index in [1.807, 2.05) is 0 Å². The van der Waals surface area contributed by atoms with Gasteiger partial charge >= 0.3 is 0 Å². The second-order valence-corrected chi connectivity index (χ2v) is 3.42. The third-order valence-electron chi connectivity index (χ3n) is 1.52. The van der Waals surface area contributed by atoms with Crippen molar-refractivity contribution in [2.24, 2.45) is 0 Å². The van der Waals surface area contributed by atoms with Gasteiger partial charge in [0.15, 0.2) is 11.6 Å². The summed E-state index contributed by atoms with van der Waals surface area (Å²) < 4.78 is 38.0. The van der Waals surface area contributed by atoms with Gasteiger partial charge in [-0.05, 0) is 12.1 Å². The molecule has 0 saturated carbocycles. The lowest BCUT2D eigenvalue weighted by Crippen LogP contribution is -1.89. The van der Waals surface area contributed by atoms with Gasteiger partial charge in [0.1, 0.15) is 5.82 Å². The van der Waals surface area contributed by atoms with Crippen LogP contribution in [0.15, 0.2) is 18.2 Å². The van der Waals surface area contributed by atoms with Crippen molar-refractivity contribution in [3.63, 3.8) is 0 Å². The summed E-state index contributed by atoms with van der Waals surface area (Å²) in [7, 11) is 0. The molecule has 0 fully saturated rings. The molecular formula is C8H3ClF2N2OS. The fourth-order valence-corrected chi connectivity index (χ4v) is 1.50. The zero-order chi connectivity index (χ0) is 10.8. The first-order chi connectivity index (χ1) is 7.16. The average molecular weight is 249 g/mol. The highest BCUT2D eigenvalue weighted by molar-refractivity contribution is 6.99. The molecule has 3 nitrogen and oxygen atoms in total. The predicted molar refractivity (Wildman–Crippen MR) is 51.4 cm³/mol. The summed E-state index contributed by atoms with van der Waals surface area (Å²) in [6.07, 6.45) is 0. The molecule has 0 spiro atoms. The summed E-state index contributed by atoms with van der Waals surface area (Å²) in [4.78, 5) is 0. The molecule has 0 bridgehead atoms. The maximum absolute atomic E-state index is 13.1. The Bertz CT molecular complexity index is 491. The maximum Gasteiger partial charge on any atom is 0.271 e. The van der Waals surface area contributed by atoms with Crippen LogP contribution in [0.3, 0.4) is 0 Å². The highest BCUT2D eigenvalue weighted by Gasteiger charge is 2.11. The summed E-state index contributed by atoms with van der Waals surface area (Å²) >= 11 is 6.43. The van der Waals surface area contributed by atoms with Gasteiger partial charge in [-0.1, -0.05) is 11.6 Å². The topological polar surface area (TPSA) is 35.0 Å². The second kappa shape index (κ2) is 4.08. The largest absolute Gasteiger partial charge is 0.433 e. The van der Waals surface area contributed by atoms with Gasteiger partial charge in [0.2, 0.25) is 5.15 Å². The summed E-state index contributed by atoms with van der Waals surface area (Å²) in [5.74, 6) is -1.64. The van der Waals surface area contributed by atoms with Gasteiger partial charge in [0, 0.05) is 6.07 Å². The van der Waals surface area contributed by atoms with Crippen molar-refractivity contribution in [2.45, 2.75) is 0 Å². The standard InChI is InChI=1S/C8H3ClF2N2OS/c9-7-8(13-15-12-7)14-6-2-1-4(10)3-5(6)11/h1-3H. The molecule has 0 unspecified atom stereocenters. The van der Waals surface area contributed by atoms with Gasteiger partial charge in [0.25, 0.3) is 5.88 Å². The molecule has 0 N–H and O–H groups in total. The predicted octanol–water partition coefficient (Wildman–Crippen LogP) is 3.26. The zero-order valence-corrected chi connectivity index (χ0v) is 8.65. The van der Waals surface area contributed by atoms with E-state index in [1.165, 1.54) is 0 Å². The maximum atomic E-state index is 13.1. The third kappa shape index (κ3) is 2.21.